The lowest BCUT2D eigenvalue weighted by molar-refractivity contribution is 0.0158. The minimum absolute atomic E-state index is 0.0498. The van der Waals surface area contributed by atoms with Crippen molar-refractivity contribution in [3.05, 3.63) is 108 Å². The number of fused-ring (bicyclic) bond motifs is 1. The highest BCUT2D eigenvalue weighted by Gasteiger charge is 2.39. The Morgan fingerprint density at radius 1 is 1.00 bits per heavy atom. The molecular formula is C45H52FN9O2. The van der Waals surface area contributed by atoms with E-state index in [1.54, 1.807) is 29.2 Å². The summed E-state index contributed by atoms with van der Waals surface area (Å²) in [5, 5.41) is 22.8. The van der Waals surface area contributed by atoms with Crippen LogP contribution in [0.4, 0.5) is 21.6 Å². The second-order valence-electron chi connectivity index (χ2n) is 16.2. The van der Waals surface area contributed by atoms with Crippen molar-refractivity contribution in [2.45, 2.75) is 56.7 Å². The number of phenolic OH excluding ortho intramolecular Hbond substituents is 1. The first kappa shape index (κ1) is 34.8. The Kier molecular flexibility index (Phi) is 9.43. The first-order valence-electron chi connectivity index (χ1n) is 21.3. The van der Waals surface area contributed by atoms with Crippen LogP contribution in [0.15, 0.2) is 91.3 Å². The molecule has 0 spiro atoms. The summed E-state index contributed by atoms with van der Waals surface area (Å²) < 4.78 is 35.0. The largest absolute Gasteiger partial charge is 0.507 e. The van der Waals surface area contributed by atoms with Gasteiger partial charge < -0.3 is 35.0 Å². The van der Waals surface area contributed by atoms with Gasteiger partial charge in [-0.3, -0.25) is 10.1 Å². The molecule has 0 radical (unpaired) electrons. The molecule has 4 N–H and O–H groups in total. The summed E-state index contributed by atoms with van der Waals surface area (Å²) in [6, 6.07) is 23.5. The van der Waals surface area contributed by atoms with Crippen molar-refractivity contribution in [2.75, 3.05) is 74.5 Å². The second kappa shape index (κ2) is 15.5. The number of aryl methyl sites for hydroxylation is 1. The van der Waals surface area contributed by atoms with Crippen molar-refractivity contribution < 1.29 is 17.0 Å². The van der Waals surface area contributed by atoms with E-state index in [4.69, 9.17) is 8.48 Å². The number of piperidine rings is 2. The van der Waals surface area contributed by atoms with Gasteiger partial charge in [-0.25, -0.2) is 4.39 Å². The van der Waals surface area contributed by atoms with Gasteiger partial charge in [-0.1, -0.05) is 30.3 Å². The molecular weight excluding hydrogens is 718 g/mol. The van der Waals surface area contributed by atoms with Crippen molar-refractivity contribution >= 4 is 34.0 Å². The molecule has 0 bridgehead atoms. The lowest BCUT2D eigenvalue weighted by Crippen LogP contribution is -2.51. The van der Waals surface area contributed by atoms with Gasteiger partial charge in [-0.2, -0.15) is 0 Å². The summed E-state index contributed by atoms with van der Waals surface area (Å²) in [5.74, 6) is 0.691. The number of likely N-dealkylation sites (tertiary alicyclic amines) is 2. The monoisotopic (exact) mass is 771 g/mol. The quantitative estimate of drug-likeness (QED) is 0.156. The Balaban J connectivity index is 0.761. The molecule has 11 nitrogen and oxygen atoms in total. The Morgan fingerprint density at radius 2 is 1.79 bits per heavy atom. The predicted molar refractivity (Wildman–Crippen MR) is 224 cm³/mol. The number of benzene rings is 3. The molecule has 3 saturated heterocycles. The molecule has 0 saturated carbocycles. The first-order chi connectivity index (χ1) is 28.5. The predicted octanol–water partition coefficient (Wildman–Crippen LogP) is 6.85. The van der Waals surface area contributed by atoms with Crippen LogP contribution in [-0.2, 0) is 0 Å². The molecule has 1 amide bonds. The van der Waals surface area contributed by atoms with Crippen LogP contribution in [0.3, 0.4) is 0 Å². The van der Waals surface area contributed by atoms with Gasteiger partial charge in [-0.15, -0.1) is 10.2 Å². The third kappa shape index (κ3) is 7.56. The molecule has 3 aromatic carbocycles. The lowest BCUT2D eigenvalue weighted by atomic mass is 9.91. The molecule has 57 heavy (non-hydrogen) atoms. The zero-order chi connectivity index (χ0) is 40.8. The molecule has 4 aliphatic rings. The summed E-state index contributed by atoms with van der Waals surface area (Å²) in [5.41, 5.74) is 12.0. The highest BCUT2D eigenvalue weighted by atomic mass is 19.1. The Morgan fingerprint density at radius 3 is 2.56 bits per heavy atom. The molecule has 0 aliphatic carbocycles. The third-order valence-corrected chi connectivity index (χ3v) is 12.5. The van der Waals surface area contributed by atoms with Crippen LogP contribution in [0.5, 0.6) is 5.75 Å². The van der Waals surface area contributed by atoms with E-state index in [-0.39, 0.29) is 17.6 Å². The number of nitrogens with zero attached hydrogens (tertiary/aromatic N) is 7. The number of hydrogen-bond donors (Lipinski definition) is 3. The van der Waals surface area contributed by atoms with Crippen LogP contribution in [0.2, 0.25) is 0 Å². The van der Waals surface area contributed by atoms with Gasteiger partial charge in [0.2, 0.25) is 0 Å². The van der Waals surface area contributed by atoms with E-state index >= 15 is 4.39 Å². The van der Waals surface area contributed by atoms with E-state index in [1.807, 2.05) is 53.6 Å². The molecule has 9 rings (SSSR count). The number of carbonyl (C=O) groups excluding carboxylic acids is 1. The average molecular weight is 772 g/mol. The van der Waals surface area contributed by atoms with Crippen LogP contribution in [-0.4, -0.2) is 100 Å². The maximum absolute atomic E-state index is 16.3. The van der Waals surface area contributed by atoms with E-state index in [0.29, 0.717) is 61.2 Å². The SMILES string of the molecule is [2H]C1C=CN(c2ccc3c(c2)c(C)cn3C2CCN(CC3(F)CCN(C(=O)c4ccc(C5CCN(c6cc(-c7ccccc7O)nnc6N)C5)cc4)CC3)CC2)[C@H]([2H])N1. The van der Waals surface area contributed by atoms with Crippen LogP contribution in [0.25, 0.3) is 22.2 Å². The van der Waals surface area contributed by atoms with Crippen molar-refractivity contribution in [2.24, 2.45) is 0 Å². The van der Waals surface area contributed by atoms with Gasteiger partial charge in [0, 0.05) is 119 Å². The summed E-state index contributed by atoms with van der Waals surface area (Å²) in [6.07, 6.45) is 9.25. The number of hydrogen-bond acceptors (Lipinski definition) is 9. The molecule has 3 fully saturated rings. The van der Waals surface area contributed by atoms with Crippen molar-refractivity contribution in [1.29, 1.82) is 0 Å². The first-order valence-corrected chi connectivity index (χ1v) is 20.2. The third-order valence-electron chi connectivity index (χ3n) is 12.5. The number of amides is 1. The van der Waals surface area contributed by atoms with Crippen molar-refractivity contribution in [3.63, 3.8) is 0 Å². The number of carbonyl (C=O) groups is 1. The number of nitrogens with two attached hydrogens (primary N) is 1. The van der Waals surface area contributed by atoms with Gasteiger partial charge in [0.15, 0.2) is 5.82 Å². The van der Waals surface area contributed by atoms with Gasteiger partial charge in [0.05, 0.1) is 19.4 Å². The summed E-state index contributed by atoms with van der Waals surface area (Å²) in [6.45, 7) is 5.23. The van der Waals surface area contributed by atoms with Crippen LogP contribution in [0, 0.1) is 6.92 Å². The second-order valence-corrected chi connectivity index (χ2v) is 16.2. The number of nitrogens with one attached hydrogen (secondary N) is 1. The van der Waals surface area contributed by atoms with E-state index in [9.17, 15) is 9.90 Å². The van der Waals surface area contributed by atoms with Gasteiger partial charge in [0.25, 0.3) is 5.91 Å². The normalized spacial score (nSPS) is 23.5. The van der Waals surface area contributed by atoms with E-state index in [0.717, 1.165) is 67.8 Å². The maximum atomic E-state index is 16.3. The van der Waals surface area contributed by atoms with E-state index in [1.165, 1.54) is 11.1 Å². The van der Waals surface area contributed by atoms with E-state index < -0.39 is 18.8 Å². The molecule has 3 atom stereocenters. The molecule has 5 aromatic rings. The molecule has 12 heteroatoms. The lowest BCUT2D eigenvalue weighted by Gasteiger charge is -2.41. The number of alkyl halides is 1. The van der Waals surface area contributed by atoms with Crippen molar-refractivity contribution in [3.8, 4) is 17.0 Å². The minimum atomic E-state index is -1.32. The summed E-state index contributed by atoms with van der Waals surface area (Å²) in [4.78, 5) is 21.7. The Hall–Kier alpha value is -5.46. The number of rotatable bonds is 8. The van der Waals surface area contributed by atoms with Crippen LogP contribution >= 0.6 is 0 Å². The fraction of sp³-hybridized carbons (Fsp3) is 0.400. The molecule has 296 valence electrons. The van der Waals surface area contributed by atoms with Crippen LogP contribution < -0.4 is 20.9 Å². The Bertz CT molecular complexity index is 2360. The van der Waals surface area contributed by atoms with Gasteiger partial charge in [0.1, 0.15) is 11.4 Å². The molecule has 2 unspecified atom stereocenters. The number of phenols is 1. The topological polar surface area (TPSA) is 119 Å². The van der Waals surface area contributed by atoms with Gasteiger partial charge in [-0.05, 0) is 85.8 Å². The van der Waals surface area contributed by atoms with Gasteiger partial charge >= 0.3 is 0 Å². The van der Waals surface area contributed by atoms with E-state index in [2.05, 4.69) is 55.1 Å². The number of aromatic nitrogens is 3. The summed E-state index contributed by atoms with van der Waals surface area (Å²) >= 11 is 0. The number of para-hydroxylation sites is 1. The zero-order valence-corrected chi connectivity index (χ0v) is 32.4. The highest BCUT2D eigenvalue weighted by Crippen LogP contribution is 2.38. The molecule has 4 aliphatic heterocycles. The zero-order valence-electron chi connectivity index (χ0n) is 34.4. The number of nitrogen functional groups attached to an aromatic ring is 1. The summed E-state index contributed by atoms with van der Waals surface area (Å²) in [7, 11) is 0. The fourth-order valence-corrected chi connectivity index (χ4v) is 9.22. The highest BCUT2D eigenvalue weighted by molar-refractivity contribution is 5.94. The number of anilines is 3. The number of halogens is 1. The van der Waals surface area contributed by atoms with Crippen molar-refractivity contribution in [1.82, 2.24) is 29.9 Å². The van der Waals surface area contributed by atoms with Crippen LogP contribution in [0.1, 0.15) is 68.3 Å². The fourth-order valence-electron chi connectivity index (χ4n) is 9.22. The smallest absolute Gasteiger partial charge is 0.253 e. The standard InChI is InChI=1S/C45H52FN9O2/c1-31-27-55(40-12-11-36(25-38(31)40)54-19-4-18-48-30-54)35-14-20-51(21-15-35)29-45(46)16-23-52(24-17-45)44(57)33-9-7-32(8-10-33)34-13-22-53(28-34)41-26-39(49-50-43(41)47)37-5-2-3-6-42(37)56/h2-12,19,25-27,34-35,48,56H,13-18,20-24,28-30H2,1H3,(H2,47,50)/i18D,30D/t18?,30-,34?/m1/s1. The number of aromatic hydroxyl groups is 1. The minimum Gasteiger partial charge on any atom is -0.507 e. The Labute approximate surface area is 336 Å². The average Bonchev–Trinajstić information content (AvgIpc) is 3.86. The molecule has 2 aromatic heterocycles. The molecule has 6 heterocycles. The maximum Gasteiger partial charge on any atom is 0.253 e.